The largest absolute Gasteiger partial charge is 0.358 e. The van der Waals surface area contributed by atoms with Crippen LogP contribution >= 0.6 is 0 Å². The minimum atomic E-state index is 0. The second-order valence-corrected chi connectivity index (χ2v) is 6.46. The summed E-state index contributed by atoms with van der Waals surface area (Å²) in [6.07, 6.45) is 4.25. The third-order valence-corrected chi connectivity index (χ3v) is 4.84. The van der Waals surface area contributed by atoms with Gasteiger partial charge in [-0.15, -0.1) is 0 Å². The molecule has 0 N–H and O–H groups in total. The second kappa shape index (κ2) is 6.83. The number of nitrogens with zero attached hydrogens (tertiary/aromatic N) is 2. The first kappa shape index (κ1) is 17.7. The van der Waals surface area contributed by atoms with Crippen molar-refractivity contribution in [2.24, 2.45) is 0 Å². The molecule has 1 aromatic heterocycles. The van der Waals surface area contributed by atoms with Crippen molar-refractivity contribution in [1.29, 1.82) is 0 Å². The van der Waals surface area contributed by atoms with Crippen LogP contribution in [-0.4, -0.2) is 9.13 Å². The fraction of sp³-hybridized carbons (Fsp3) is 0.200. The Morgan fingerprint density at radius 3 is 1.26 bits per heavy atom. The molecule has 0 saturated heterocycles. The van der Waals surface area contributed by atoms with E-state index < -0.39 is 0 Å². The Balaban J connectivity index is 0.00000192. The number of aromatic nitrogens is 2. The smallest absolute Gasteiger partial charge is 0.358 e. The number of hydrogen-bond acceptors (Lipinski definition) is 0. The number of benzene rings is 2. The first-order valence-corrected chi connectivity index (χ1v) is 8.17. The van der Waals surface area contributed by atoms with Gasteiger partial charge in [0.25, 0.3) is 0 Å². The molecule has 0 atom stereocenters. The van der Waals surface area contributed by atoms with E-state index in [0.29, 0.717) is 0 Å². The molecular weight excluding hydrogens is 375 g/mol. The molecule has 0 saturated carbocycles. The maximum atomic E-state index is 3.47. The van der Waals surface area contributed by atoms with E-state index in [-0.39, 0.29) is 7.43 Å². The van der Waals surface area contributed by atoms with Gasteiger partial charge >= 0.3 is 142 Å². The van der Waals surface area contributed by atoms with Gasteiger partial charge in [-0.3, -0.25) is 0 Å². The molecule has 0 aliphatic heterocycles. The summed E-state index contributed by atoms with van der Waals surface area (Å²) in [5.74, 6) is 0. The van der Waals surface area contributed by atoms with Gasteiger partial charge in [-0.1, -0.05) is 0 Å². The van der Waals surface area contributed by atoms with Gasteiger partial charge in [-0.2, -0.15) is 0 Å². The number of imidazole rings is 1. The Bertz CT molecular complexity index is 788. The number of para-hydroxylation sites is 2. The monoisotopic (exact) mass is 397 g/mol. The molecule has 23 heavy (non-hydrogen) atoms. The summed E-state index contributed by atoms with van der Waals surface area (Å²) in [6, 6.07) is 12.8. The average Bonchev–Trinajstić information content (AvgIpc) is 2.81. The van der Waals surface area contributed by atoms with E-state index in [1.165, 1.54) is 33.6 Å². The van der Waals surface area contributed by atoms with Crippen molar-refractivity contribution in [1.82, 2.24) is 9.13 Å². The zero-order valence-corrected chi connectivity index (χ0v) is 15.9. The predicted octanol–water partition coefficient (Wildman–Crippen LogP) is 5.03. The Morgan fingerprint density at radius 1 is 0.652 bits per heavy atom. The van der Waals surface area contributed by atoms with Crippen LogP contribution in [0.25, 0.3) is 11.4 Å². The minimum absolute atomic E-state index is 0. The van der Waals surface area contributed by atoms with E-state index >= 15 is 0 Å². The summed E-state index contributed by atoms with van der Waals surface area (Å²) in [7, 11) is 0. The van der Waals surface area contributed by atoms with Gasteiger partial charge in [0.05, 0.1) is 0 Å². The fourth-order valence-corrected chi connectivity index (χ4v) is 3.63. The van der Waals surface area contributed by atoms with Gasteiger partial charge in [0, 0.05) is 0 Å². The molecule has 0 unspecified atom stereocenters. The van der Waals surface area contributed by atoms with Crippen LogP contribution in [0.1, 0.15) is 22.3 Å². The molecule has 0 bridgehead atoms. The van der Waals surface area contributed by atoms with Crippen molar-refractivity contribution in [3.05, 3.63) is 82.4 Å². The quantitative estimate of drug-likeness (QED) is 0.424. The third kappa shape index (κ3) is 3.04. The third-order valence-electron chi connectivity index (χ3n) is 4.09. The molecule has 0 amide bonds. The standard InChI is InChI=1S/C19H20N2.CH3.Pd/c1-14-7-5-8-15(2)18(14)20-11-12-21(13-20)19-16(3)9-6-10-17(19)4;;/h5-12H,1-4H3;1H3;/q;-1;. The maximum absolute atomic E-state index is 3.47. The van der Waals surface area contributed by atoms with Crippen molar-refractivity contribution in [3.8, 4) is 11.4 Å². The second-order valence-electron chi connectivity index (χ2n) is 5.76. The number of aryl methyl sites for hydroxylation is 4. The first-order valence-electron chi connectivity index (χ1n) is 7.39. The van der Waals surface area contributed by atoms with Crippen molar-refractivity contribution in [3.63, 3.8) is 0 Å². The van der Waals surface area contributed by atoms with Crippen molar-refractivity contribution >= 4 is 0 Å². The zero-order valence-electron chi connectivity index (χ0n) is 14.3. The summed E-state index contributed by atoms with van der Waals surface area (Å²) in [4.78, 5) is 0. The summed E-state index contributed by atoms with van der Waals surface area (Å²) >= 11 is 3.47. The molecule has 2 nitrogen and oxygen atoms in total. The van der Waals surface area contributed by atoms with Gasteiger partial charge < -0.3 is 7.43 Å². The Hall–Kier alpha value is -1.69. The van der Waals surface area contributed by atoms with E-state index in [2.05, 4.69) is 104 Å². The molecule has 2 aromatic carbocycles. The van der Waals surface area contributed by atoms with Crippen LogP contribution in [0.4, 0.5) is 0 Å². The van der Waals surface area contributed by atoms with Crippen LogP contribution in [0.2, 0.25) is 0 Å². The predicted molar refractivity (Wildman–Crippen MR) is 93.7 cm³/mol. The first-order chi connectivity index (χ1) is 10.5. The normalized spacial score (nSPS) is 10.5. The van der Waals surface area contributed by atoms with E-state index in [0.717, 1.165) is 3.89 Å². The minimum Gasteiger partial charge on any atom is -0.358 e. The number of hydrogen-bond donors (Lipinski definition) is 0. The Labute approximate surface area is 149 Å². The van der Waals surface area contributed by atoms with Crippen LogP contribution in [0.5, 0.6) is 0 Å². The van der Waals surface area contributed by atoms with Crippen molar-refractivity contribution < 1.29 is 18.7 Å². The van der Waals surface area contributed by atoms with Gasteiger partial charge in [0.1, 0.15) is 0 Å². The number of rotatable bonds is 2. The molecule has 3 aromatic rings. The van der Waals surface area contributed by atoms with E-state index in [1.54, 1.807) is 0 Å². The molecule has 0 aliphatic carbocycles. The van der Waals surface area contributed by atoms with Crippen LogP contribution in [-0.2, 0) is 18.7 Å². The van der Waals surface area contributed by atoms with Crippen LogP contribution < -0.4 is 0 Å². The van der Waals surface area contributed by atoms with Crippen molar-refractivity contribution in [2.75, 3.05) is 0 Å². The fourth-order valence-electron chi connectivity index (χ4n) is 3.05. The molecule has 0 radical (unpaired) electrons. The Kier molecular flexibility index (Phi) is 5.24. The van der Waals surface area contributed by atoms with E-state index in [4.69, 9.17) is 0 Å². The average molecular weight is 398 g/mol. The van der Waals surface area contributed by atoms with E-state index in [9.17, 15) is 0 Å². The molecule has 0 aliphatic rings. The molecule has 3 rings (SSSR count). The Morgan fingerprint density at radius 2 is 0.957 bits per heavy atom. The SMILES string of the molecule is Cc1cccc(C)c1-n1ccn(-c2c(C)cccc2C)[c]1=[Pd].[CH3-]. The van der Waals surface area contributed by atoms with E-state index in [1.807, 2.05) is 0 Å². The van der Waals surface area contributed by atoms with Gasteiger partial charge in [-0.25, -0.2) is 0 Å². The molecule has 0 spiro atoms. The summed E-state index contributed by atoms with van der Waals surface area (Å²) in [6.45, 7) is 8.62. The van der Waals surface area contributed by atoms with Gasteiger partial charge in [0.2, 0.25) is 0 Å². The van der Waals surface area contributed by atoms with Crippen LogP contribution in [0, 0.1) is 39.0 Å². The van der Waals surface area contributed by atoms with Gasteiger partial charge in [-0.05, 0) is 0 Å². The topological polar surface area (TPSA) is 9.86 Å². The van der Waals surface area contributed by atoms with Crippen molar-refractivity contribution in [2.45, 2.75) is 27.7 Å². The molecular formula is C20H23N2Pd-. The maximum Gasteiger partial charge on any atom is -0.358 e. The summed E-state index contributed by atoms with van der Waals surface area (Å²) in [5.41, 5.74) is 7.59. The molecule has 124 valence electrons. The molecule has 0 fully saturated rings. The molecule has 3 heteroatoms. The van der Waals surface area contributed by atoms with Crippen LogP contribution in [0.15, 0.2) is 48.8 Å². The molecule has 1 heterocycles. The van der Waals surface area contributed by atoms with Crippen LogP contribution in [0.3, 0.4) is 0 Å². The summed E-state index contributed by atoms with van der Waals surface area (Å²) in [5, 5.41) is 0. The zero-order chi connectivity index (χ0) is 15.9. The summed E-state index contributed by atoms with van der Waals surface area (Å²) < 4.78 is 5.51. The van der Waals surface area contributed by atoms with Gasteiger partial charge in [0.15, 0.2) is 0 Å².